The smallest absolute Gasteiger partial charge is 0.0351 e. The van der Waals surface area contributed by atoms with Crippen molar-refractivity contribution in [1.29, 1.82) is 0 Å². The van der Waals surface area contributed by atoms with E-state index in [1.807, 2.05) is 24.3 Å². The molecule has 0 amide bonds. The van der Waals surface area contributed by atoms with E-state index in [4.69, 9.17) is 11.5 Å². The number of hydrogen-bond donors (Lipinski definition) is 0. The molecule has 0 atom stereocenters. The van der Waals surface area contributed by atoms with Crippen LogP contribution in [0, 0.1) is 0 Å². The Morgan fingerprint density at radius 1 is 1.00 bits per heavy atom. The monoisotopic (exact) mass is 134 g/mol. The highest BCUT2D eigenvalue weighted by Crippen LogP contribution is 2.03. The highest BCUT2D eigenvalue weighted by Gasteiger charge is 1.90. The van der Waals surface area contributed by atoms with E-state index in [0.29, 0.717) is 13.1 Å². The van der Waals surface area contributed by atoms with Crippen LogP contribution in [0.3, 0.4) is 0 Å². The van der Waals surface area contributed by atoms with E-state index in [9.17, 15) is 0 Å². The van der Waals surface area contributed by atoms with Crippen LogP contribution in [0.5, 0.6) is 0 Å². The number of benzene rings is 1. The first-order valence-electron chi connectivity index (χ1n) is 3.24. The van der Waals surface area contributed by atoms with Gasteiger partial charge in [-0.25, -0.2) is 0 Å². The van der Waals surface area contributed by atoms with Crippen molar-refractivity contribution in [1.82, 2.24) is 11.5 Å². The van der Waals surface area contributed by atoms with Crippen LogP contribution in [0.2, 0.25) is 0 Å². The second kappa shape index (κ2) is 3.34. The van der Waals surface area contributed by atoms with E-state index >= 15 is 0 Å². The first-order valence-corrected chi connectivity index (χ1v) is 3.24. The normalized spacial score (nSPS) is 9.80. The van der Waals surface area contributed by atoms with Gasteiger partial charge in [-0.1, -0.05) is 24.3 Å². The summed E-state index contributed by atoms with van der Waals surface area (Å²) in [6, 6.07) is 7.62. The SMILES string of the molecule is [NH]Cc1cccc(C[NH])c1. The molecule has 0 unspecified atom stereocenters. The third kappa shape index (κ3) is 1.56. The summed E-state index contributed by atoms with van der Waals surface area (Å²) in [5.74, 6) is 0. The predicted molar refractivity (Wildman–Crippen MR) is 40.0 cm³/mol. The van der Waals surface area contributed by atoms with Crippen LogP contribution in [-0.4, -0.2) is 0 Å². The lowest BCUT2D eigenvalue weighted by molar-refractivity contribution is 0.987. The Morgan fingerprint density at radius 3 is 1.90 bits per heavy atom. The van der Waals surface area contributed by atoms with Crippen molar-refractivity contribution in [3.05, 3.63) is 35.4 Å². The number of rotatable bonds is 2. The van der Waals surface area contributed by atoms with Crippen molar-refractivity contribution in [2.75, 3.05) is 0 Å². The molecular weight excluding hydrogens is 124 g/mol. The molecule has 0 aliphatic heterocycles. The molecule has 1 aromatic rings. The molecule has 0 heterocycles. The predicted octanol–water partition coefficient (Wildman–Crippen LogP) is 1.25. The molecule has 0 saturated heterocycles. The van der Waals surface area contributed by atoms with Crippen molar-refractivity contribution in [3.63, 3.8) is 0 Å². The van der Waals surface area contributed by atoms with Gasteiger partial charge in [-0.05, 0) is 11.1 Å². The zero-order valence-corrected chi connectivity index (χ0v) is 5.72. The van der Waals surface area contributed by atoms with Crippen molar-refractivity contribution in [2.24, 2.45) is 0 Å². The molecule has 0 fully saturated rings. The number of nitrogens with one attached hydrogen (secondary N) is 2. The molecule has 2 nitrogen and oxygen atoms in total. The van der Waals surface area contributed by atoms with Gasteiger partial charge in [-0.3, -0.25) is 11.5 Å². The van der Waals surface area contributed by atoms with Gasteiger partial charge in [0, 0.05) is 13.1 Å². The molecule has 0 aliphatic rings. The molecular formula is C8H10N2. The Hall–Kier alpha value is -0.860. The Kier molecular flexibility index (Phi) is 2.42. The van der Waals surface area contributed by atoms with Gasteiger partial charge in [0.1, 0.15) is 0 Å². The van der Waals surface area contributed by atoms with Crippen molar-refractivity contribution in [2.45, 2.75) is 13.1 Å². The topological polar surface area (TPSA) is 47.6 Å². The Labute approximate surface area is 60.8 Å². The standard InChI is InChI=1S/C8H10N2/c9-5-7-2-1-3-8(4-7)6-10/h1-4,9-10H,5-6H2. The minimum absolute atomic E-state index is 0.313. The maximum absolute atomic E-state index is 7.05. The minimum atomic E-state index is 0.313. The lowest BCUT2D eigenvalue weighted by Gasteiger charge is -1.97. The summed E-state index contributed by atoms with van der Waals surface area (Å²) in [7, 11) is 0. The first-order chi connectivity index (χ1) is 4.86. The van der Waals surface area contributed by atoms with Gasteiger partial charge in [0.25, 0.3) is 0 Å². The Balaban J connectivity index is 2.87. The van der Waals surface area contributed by atoms with Gasteiger partial charge in [0.2, 0.25) is 0 Å². The van der Waals surface area contributed by atoms with Crippen LogP contribution in [0.1, 0.15) is 11.1 Å². The van der Waals surface area contributed by atoms with E-state index in [2.05, 4.69) is 0 Å². The first kappa shape index (κ1) is 7.25. The summed E-state index contributed by atoms with van der Waals surface area (Å²) in [5.41, 5.74) is 16.1. The van der Waals surface area contributed by atoms with Gasteiger partial charge in [0.05, 0.1) is 0 Å². The molecule has 2 radical (unpaired) electrons. The fourth-order valence-corrected chi connectivity index (χ4v) is 0.850. The molecule has 10 heavy (non-hydrogen) atoms. The molecule has 2 N–H and O–H groups in total. The van der Waals surface area contributed by atoms with E-state index in [1.165, 1.54) is 0 Å². The molecule has 0 saturated carbocycles. The average Bonchev–Trinajstić information content (AvgIpc) is 2.05. The van der Waals surface area contributed by atoms with Crippen LogP contribution in [0.25, 0.3) is 0 Å². The van der Waals surface area contributed by atoms with Crippen molar-refractivity contribution < 1.29 is 0 Å². The molecule has 0 bridgehead atoms. The second-order valence-electron chi connectivity index (χ2n) is 2.17. The highest BCUT2D eigenvalue weighted by atomic mass is 14.5. The summed E-state index contributed by atoms with van der Waals surface area (Å²) >= 11 is 0. The fourth-order valence-electron chi connectivity index (χ4n) is 0.850. The maximum atomic E-state index is 7.05. The molecule has 0 aliphatic carbocycles. The third-order valence-electron chi connectivity index (χ3n) is 1.40. The van der Waals surface area contributed by atoms with E-state index in [1.54, 1.807) is 0 Å². The molecule has 0 aromatic heterocycles. The van der Waals surface area contributed by atoms with Crippen LogP contribution >= 0.6 is 0 Å². The van der Waals surface area contributed by atoms with E-state index < -0.39 is 0 Å². The number of hydrogen-bond acceptors (Lipinski definition) is 0. The quantitative estimate of drug-likeness (QED) is 0.584. The van der Waals surface area contributed by atoms with Crippen LogP contribution in [0.15, 0.2) is 24.3 Å². The van der Waals surface area contributed by atoms with Gasteiger partial charge in [-0.15, -0.1) is 0 Å². The second-order valence-corrected chi connectivity index (χ2v) is 2.17. The van der Waals surface area contributed by atoms with Crippen molar-refractivity contribution >= 4 is 0 Å². The average molecular weight is 134 g/mol. The summed E-state index contributed by atoms with van der Waals surface area (Å²) in [6.45, 7) is 0.627. The zero-order valence-electron chi connectivity index (χ0n) is 5.72. The van der Waals surface area contributed by atoms with Gasteiger partial charge >= 0.3 is 0 Å². The molecule has 1 aromatic carbocycles. The van der Waals surface area contributed by atoms with Gasteiger partial charge in [-0.2, -0.15) is 0 Å². The van der Waals surface area contributed by atoms with Crippen LogP contribution in [0.4, 0.5) is 0 Å². The van der Waals surface area contributed by atoms with Crippen LogP contribution in [-0.2, 0) is 13.1 Å². The summed E-state index contributed by atoms with van der Waals surface area (Å²) in [6.07, 6.45) is 0. The fraction of sp³-hybridized carbons (Fsp3) is 0.250. The maximum Gasteiger partial charge on any atom is 0.0351 e. The molecule has 0 spiro atoms. The Bertz CT molecular complexity index is 189. The molecule has 1 rings (SSSR count). The zero-order chi connectivity index (χ0) is 7.40. The molecule has 2 heteroatoms. The van der Waals surface area contributed by atoms with Gasteiger partial charge in [0.15, 0.2) is 0 Å². The Morgan fingerprint density at radius 2 is 1.50 bits per heavy atom. The largest absolute Gasteiger partial charge is 0.253 e. The highest BCUT2D eigenvalue weighted by molar-refractivity contribution is 5.22. The van der Waals surface area contributed by atoms with Crippen molar-refractivity contribution in [3.8, 4) is 0 Å². The molecule has 52 valence electrons. The lowest BCUT2D eigenvalue weighted by atomic mass is 10.1. The van der Waals surface area contributed by atoms with E-state index in [0.717, 1.165) is 11.1 Å². The third-order valence-corrected chi connectivity index (χ3v) is 1.40. The minimum Gasteiger partial charge on any atom is -0.253 e. The summed E-state index contributed by atoms with van der Waals surface area (Å²) in [5, 5.41) is 0. The van der Waals surface area contributed by atoms with Gasteiger partial charge < -0.3 is 0 Å². The van der Waals surface area contributed by atoms with Crippen LogP contribution < -0.4 is 11.5 Å². The summed E-state index contributed by atoms with van der Waals surface area (Å²) < 4.78 is 0. The van der Waals surface area contributed by atoms with E-state index in [-0.39, 0.29) is 0 Å². The lowest BCUT2D eigenvalue weighted by Crippen LogP contribution is -1.88. The summed E-state index contributed by atoms with van der Waals surface area (Å²) in [4.78, 5) is 0.